The molecule has 0 fully saturated rings. The van der Waals surface area contributed by atoms with Crippen LogP contribution in [0.2, 0.25) is 0 Å². The largest absolute Gasteiger partial charge is 0.461 e. The Balaban J connectivity index is 3.04. The van der Waals surface area contributed by atoms with Crippen molar-refractivity contribution in [2.24, 2.45) is 5.90 Å². The van der Waals surface area contributed by atoms with Crippen molar-refractivity contribution >= 4 is 5.97 Å². The van der Waals surface area contributed by atoms with Crippen LogP contribution in [0.3, 0.4) is 0 Å². The summed E-state index contributed by atoms with van der Waals surface area (Å²) >= 11 is 0. The van der Waals surface area contributed by atoms with E-state index in [9.17, 15) is 4.79 Å². The number of ether oxygens (including phenoxy) is 2. The van der Waals surface area contributed by atoms with Gasteiger partial charge < -0.3 is 9.47 Å². The first-order valence-corrected chi connectivity index (χ1v) is 3.36. The first-order chi connectivity index (χ1) is 5.31. The van der Waals surface area contributed by atoms with Crippen molar-refractivity contribution in [2.75, 3.05) is 26.4 Å². The lowest BCUT2D eigenvalue weighted by Crippen LogP contribution is -2.17. The van der Waals surface area contributed by atoms with Crippen molar-refractivity contribution in [2.45, 2.75) is 6.92 Å². The number of esters is 1. The molecule has 0 radical (unpaired) electrons. The number of carbonyl (C=O) groups excluding carboxylic acids is 1. The lowest BCUT2D eigenvalue weighted by atomic mass is 10.7. The summed E-state index contributed by atoms with van der Waals surface area (Å²) in [7, 11) is 0. The fourth-order valence-electron chi connectivity index (χ4n) is 0.468. The standard InChI is InChI=1S/C6H13NO4/c1-2-9-3-4-10-6(8)5-11-7/h2-5,7H2,1H3. The second-order valence-electron chi connectivity index (χ2n) is 1.73. The molecule has 0 amide bonds. The first-order valence-electron chi connectivity index (χ1n) is 3.36. The van der Waals surface area contributed by atoms with Gasteiger partial charge in [0, 0.05) is 6.61 Å². The molecule has 0 aliphatic rings. The van der Waals surface area contributed by atoms with Crippen LogP contribution < -0.4 is 5.90 Å². The highest BCUT2D eigenvalue weighted by molar-refractivity contribution is 5.70. The summed E-state index contributed by atoms with van der Waals surface area (Å²) in [5, 5.41) is 0. The zero-order valence-corrected chi connectivity index (χ0v) is 6.54. The van der Waals surface area contributed by atoms with Gasteiger partial charge in [-0.2, -0.15) is 0 Å². The van der Waals surface area contributed by atoms with Gasteiger partial charge >= 0.3 is 5.97 Å². The zero-order valence-electron chi connectivity index (χ0n) is 6.54. The predicted octanol–water partition coefficient (Wildman–Crippen LogP) is -0.544. The number of hydrogen-bond acceptors (Lipinski definition) is 5. The molecule has 0 atom stereocenters. The van der Waals surface area contributed by atoms with Crippen molar-refractivity contribution in [1.29, 1.82) is 0 Å². The maximum Gasteiger partial charge on any atom is 0.334 e. The molecule has 0 heterocycles. The Bertz CT molecular complexity index is 107. The summed E-state index contributed by atoms with van der Waals surface area (Å²) in [6.07, 6.45) is 0. The molecule has 66 valence electrons. The van der Waals surface area contributed by atoms with Gasteiger partial charge in [-0.3, -0.25) is 4.84 Å². The molecule has 0 rings (SSSR count). The minimum Gasteiger partial charge on any atom is -0.461 e. The van der Waals surface area contributed by atoms with Crippen LogP contribution in [0.25, 0.3) is 0 Å². The molecule has 0 aromatic heterocycles. The molecule has 5 nitrogen and oxygen atoms in total. The summed E-state index contributed by atoms with van der Waals surface area (Å²) in [5.74, 6) is 4.15. The molecule has 0 saturated heterocycles. The zero-order chi connectivity index (χ0) is 8.53. The van der Waals surface area contributed by atoms with E-state index in [2.05, 4.69) is 15.5 Å². The van der Waals surface area contributed by atoms with Crippen LogP contribution in [-0.2, 0) is 19.1 Å². The third kappa shape index (κ3) is 7.24. The minimum absolute atomic E-state index is 0.216. The summed E-state index contributed by atoms with van der Waals surface area (Å²) in [4.78, 5) is 14.6. The molecule has 0 saturated carbocycles. The number of hydrogen-bond donors (Lipinski definition) is 1. The smallest absolute Gasteiger partial charge is 0.334 e. The quantitative estimate of drug-likeness (QED) is 0.323. The van der Waals surface area contributed by atoms with Crippen molar-refractivity contribution in [3.05, 3.63) is 0 Å². The molecule has 5 heteroatoms. The summed E-state index contributed by atoms with van der Waals surface area (Å²) in [6, 6.07) is 0. The predicted molar refractivity (Wildman–Crippen MR) is 37.6 cm³/mol. The van der Waals surface area contributed by atoms with E-state index in [-0.39, 0.29) is 13.2 Å². The van der Waals surface area contributed by atoms with Gasteiger partial charge in [-0.1, -0.05) is 0 Å². The van der Waals surface area contributed by atoms with E-state index in [0.29, 0.717) is 13.2 Å². The highest BCUT2D eigenvalue weighted by atomic mass is 16.6. The van der Waals surface area contributed by atoms with Crippen molar-refractivity contribution in [3.8, 4) is 0 Å². The van der Waals surface area contributed by atoms with Gasteiger partial charge in [0.2, 0.25) is 0 Å². The topological polar surface area (TPSA) is 70.8 Å². The second kappa shape index (κ2) is 7.46. The maximum atomic E-state index is 10.5. The fourth-order valence-corrected chi connectivity index (χ4v) is 0.468. The van der Waals surface area contributed by atoms with Gasteiger partial charge in [-0.05, 0) is 6.92 Å². The molecule has 0 aliphatic heterocycles. The highest BCUT2D eigenvalue weighted by Crippen LogP contribution is 1.80. The Morgan fingerprint density at radius 2 is 2.18 bits per heavy atom. The van der Waals surface area contributed by atoms with Gasteiger partial charge in [-0.15, -0.1) is 0 Å². The van der Waals surface area contributed by atoms with Crippen molar-refractivity contribution in [1.82, 2.24) is 0 Å². The van der Waals surface area contributed by atoms with E-state index < -0.39 is 5.97 Å². The minimum atomic E-state index is -0.479. The van der Waals surface area contributed by atoms with E-state index in [1.807, 2.05) is 6.92 Å². The number of rotatable bonds is 6. The molecule has 0 aliphatic carbocycles. The van der Waals surface area contributed by atoms with E-state index in [1.165, 1.54) is 0 Å². The highest BCUT2D eigenvalue weighted by Gasteiger charge is 1.99. The second-order valence-corrected chi connectivity index (χ2v) is 1.73. The third-order valence-electron chi connectivity index (χ3n) is 0.896. The average molecular weight is 163 g/mol. The van der Waals surface area contributed by atoms with E-state index in [0.717, 1.165) is 0 Å². The van der Waals surface area contributed by atoms with E-state index in [1.54, 1.807) is 0 Å². The van der Waals surface area contributed by atoms with Crippen LogP contribution in [-0.4, -0.2) is 32.4 Å². The normalized spacial score (nSPS) is 9.64. The Hall–Kier alpha value is -0.650. The average Bonchev–Trinajstić information content (AvgIpc) is 1.99. The van der Waals surface area contributed by atoms with Crippen LogP contribution in [0.15, 0.2) is 0 Å². The Morgan fingerprint density at radius 1 is 1.45 bits per heavy atom. The van der Waals surface area contributed by atoms with Crippen molar-refractivity contribution in [3.63, 3.8) is 0 Å². The van der Waals surface area contributed by atoms with E-state index >= 15 is 0 Å². The molecule has 2 N–H and O–H groups in total. The van der Waals surface area contributed by atoms with Gasteiger partial charge in [0.05, 0.1) is 6.61 Å². The summed E-state index contributed by atoms with van der Waals surface area (Å²) in [6.45, 7) is 2.92. The van der Waals surface area contributed by atoms with Gasteiger partial charge in [-0.25, -0.2) is 10.7 Å². The molecule has 0 spiro atoms. The van der Waals surface area contributed by atoms with Gasteiger partial charge in [0.1, 0.15) is 6.61 Å². The van der Waals surface area contributed by atoms with Gasteiger partial charge in [0.25, 0.3) is 0 Å². The van der Waals surface area contributed by atoms with Crippen LogP contribution in [0, 0.1) is 0 Å². The number of carbonyl (C=O) groups is 1. The SMILES string of the molecule is CCOCCOC(=O)CON. The molecule has 0 bridgehead atoms. The lowest BCUT2D eigenvalue weighted by Gasteiger charge is -2.02. The van der Waals surface area contributed by atoms with E-state index in [4.69, 9.17) is 4.74 Å². The molecular weight excluding hydrogens is 150 g/mol. The third-order valence-corrected chi connectivity index (χ3v) is 0.896. The van der Waals surface area contributed by atoms with Crippen molar-refractivity contribution < 1.29 is 19.1 Å². The molecule has 0 unspecified atom stereocenters. The number of nitrogens with two attached hydrogens (primary N) is 1. The lowest BCUT2D eigenvalue weighted by molar-refractivity contribution is -0.150. The molecule has 0 aromatic rings. The van der Waals surface area contributed by atoms with Crippen LogP contribution in [0.1, 0.15) is 6.92 Å². The Labute approximate surface area is 65.4 Å². The first kappa shape index (κ1) is 10.3. The summed E-state index contributed by atoms with van der Waals surface area (Å²) < 4.78 is 9.53. The summed E-state index contributed by atoms with van der Waals surface area (Å²) in [5.41, 5.74) is 0. The molecule has 0 aromatic carbocycles. The monoisotopic (exact) mass is 163 g/mol. The van der Waals surface area contributed by atoms with Crippen LogP contribution in [0.5, 0.6) is 0 Å². The van der Waals surface area contributed by atoms with Gasteiger partial charge in [0.15, 0.2) is 6.61 Å². The van der Waals surface area contributed by atoms with Crippen LogP contribution >= 0.6 is 0 Å². The Morgan fingerprint density at radius 3 is 2.73 bits per heavy atom. The van der Waals surface area contributed by atoms with Crippen LogP contribution in [0.4, 0.5) is 0 Å². The molecular formula is C6H13NO4. The maximum absolute atomic E-state index is 10.5. The Kier molecular flexibility index (Phi) is 7.02. The molecule has 11 heavy (non-hydrogen) atoms. The fraction of sp³-hybridized carbons (Fsp3) is 0.833.